The molecule has 1 aliphatic heterocycles. The van der Waals surface area contributed by atoms with Gasteiger partial charge in [-0.2, -0.15) is 0 Å². The van der Waals surface area contributed by atoms with E-state index in [1.807, 2.05) is 12.3 Å². The summed E-state index contributed by atoms with van der Waals surface area (Å²) in [6.07, 6.45) is 5.35. The minimum absolute atomic E-state index is 0.622. The Morgan fingerprint density at radius 2 is 1.89 bits per heavy atom. The third kappa shape index (κ3) is 2.91. The molecular formula is C24H24N4. The Labute approximate surface area is 165 Å². The third-order valence-corrected chi connectivity index (χ3v) is 5.65. The van der Waals surface area contributed by atoms with E-state index in [4.69, 9.17) is 5.73 Å². The van der Waals surface area contributed by atoms with Gasteiger partial charge in [-0.05, 0) is 48.6 Å². The predicted octanol–water partition coefficient (Wildman–Crippen LogP) is 5.23. The number of nitrogens with two attached hydrogens (primary N) is 1. The average molecular weight is 368 g/mol. The van der Waals surface area contributed by atoms with Gasteiger partial charge in [-0.3, -0.25) is 0 Å². The van der Waals surface area contributed by atoms with Gasteiger partial charge in [0.25, 0.3) is 0 Å². The summed E-state index contributed by atoms with van der Waals surface area (Å²) >= 11 is 0. The van der Waals surface area contributed by atoms with E-state index in [-0.39, 0.29) is 0 Å². The summed E-state index contributed by atoms with van der Waals surface area (Å²) in [4.78, 5) is 4.38. The molecule has 0 fully saturated rings. The van der Waals surface area contributed by atoms with E-state index in [9.17, 15) is 0 Å². The molecule has 5 rings (SSSR count). The molecule has 0 amide bonds. The third-order valence-electron chi connectivity index (χ3n) is 5.65. The second-order valence-corrected chi connectivity index (χ2v) is 7.44. The van der Waals surface area contributed by atoms with Gasteiger partial charge in [0.15, 0.2) is 0 Å². The van der Waals surface area contributed by atoms with Gasteiger partial charge in [-0.1, -0.05) is 42.5 Å². The maximum atomic E-state index is 6.34. The first-order valence-electron chi connectivity index (χ1n) is 9.95. The quantitative estimate of drug-likeness (QED) is 0.518. The fourth-order valence-electron chi connectivity index (χ4n) is 4.35. The summed E-state index contributed by atoms with van der Waals surface area (Å²) < 4.78 is 2.44. The Balaban J connectivity index is 1.57. The van der Waals surface area contributed by atoms with Crippen molar-refractivity contribution in [3.05, 3.63) is 78.1 Å². The van der Waals surface area contributed by atoms with E-state index in [0.29, 0.717) is 5.82 Å². The fourth-order valence-corrected chi connectivity index (χ4v) is 4.35. The Morgan fingerprint density at radius 1 is 1.00 bits per heavy atom. The van der Waals surface area contributed by atoms with Crippen LogP contribution in [0, 0.1) is 0 Å². The number of aromatic nitrogens is 2. The van der Waals surface area contributed by atoms with Crippen LogP contribution < -0.4 is 11.1 Å². The summed E-state index contributed by atoms with van der Waals surface area (Å²) in [5.74, 6) is 0.622. The highest BCUT2D eigenvalue weighted by Gasteiger charge is 2.22. The molecule has 0 spiro atoms. The molecule has 0 radical (unpaired) electrons. The van der Waals surface area contributed by atoms with Gasteiger partial charge in [0.1, 0.15) is 5.82 Å². The summed E-state index contributed by atoms with van der Waals surface area (Å²) in [6.45, 7) is 1.86. The first-order chi connectivity index (χ1) is 13.8. The number of anilines is 2. The van der Waals surface area contributed by atoms with Crippen LogP contribution in [0.5, 0.6) is 0 Å². The molecule has 3 heterocycles. The van der Waals surface area contributed by atoms with Crippen molar-refractivity contribution in [2.75, 3.05) is 11.1 Å². The van der Waals surface area contributed by atoms with Crippen LogP contribution in [0.15, 0.2) is 66.9 Å². The van der Waals surface area contributed by atoms with E-state index >= 15 is 0 Å². The lowest BCUT2D eigenvalue weighted by atomic mass is 9.98. The Morgan fingerprint density at radius 3 is 2.79 bits per heavy atom. The number of hydrogen-bond acceptors (Lipinski definition) is 3. The summed E-state index contributed by atoms with van der Waals surface area (Å²) in [7, 11) is 0. The first-order valence-corrected chi connectivity index (χ1v) is 9.95. The van der Waals surface area contributed by atoms with Crippen molar-refractivity contribution in [2.24, 2.45) is 0 Å². The zero-order valence-corrected chi connectivity index (χ0v) is 15.9. The van der Waals surface area contributed by atoms with Crippen LogP contribution in [0.25, 0.3) is 22.0 Å². The molecule has 0 bridgehead atoms. The molecule has 140 valence electrons. The van der Waals surface area contributed by atoms with Crippen molar-refractivity contribution in [1.29, 1.82) is 0 Å². The molecule has 4 aromatic rings. The van der Waals surface area contributed by atoms with Crippen LogP contribution in [0.1, 0.15) is 24.1 Å². The number of nitrogen functional groups attached to an aromatic ring is 1. The molecular weight excluding hydrogens is 344 g/mol. The smallest absolute Gasteiger partial charge is 0.133 e. The van der Waals surface area contributed by atoms with Gasteiger partial charge < -0.3 is 15.6 Å². The lowest BCUT2D eigenvalue weighted by molar-refractivity contribution is 0.546. The van der Waals surface area contributed by atoms with Gasteiger partial charge in [-0.25, -0.2) is 4.98 Å². The van der Waals surface area contributed by atoms with Crippen LogP contribution in [-0.2, 0) is 19.5 Å². The van der Waals surface area contributed by atoms with Crippen molar-refractivity contribution in [3.63, 3.8) is 0 Å². The molecule has 0 aliphatic carbocycles. The van der Waals surface area contributed by atoms with Crippen molar-refractivity contribution in [3.8, 4) is 11.1 Å². The van der Waals surface area contributed by atoms with Crippen molar-refractivity contribution >= 4 is 22.4 Å². The number of benzene rings is 2. The molecule has 4 heteroatoms. The number of pyridine rings is 1. The second kappa shape index (κ2) is 7.04. The van der Waals surface area contributed by atoms with E-state index in [2.05, 4.69) is 69.5 Å². The first kappa shape index (κ1) is 16.9. The number of rotatable bonds is 4. The molecule has 0 atom stereocenters. The Kier molecular flexibility index (Phi) is 4.24. The minimum Gasteiger partial charge on any atom is -0.383 e. The molecule has 28 heavy (non-hydrogen) atoms. The van der Waals surface area contributed by atoms with Crippen LogP contribution in [0.4, 0.5) is 11.5 Å². The number of nitrogens with one attached hydrogen (secondary N) is 1. The molecule has 1 aliphatic rings. The van der Waals surface area contributed by atoms with Gasteiger partial charge in [0.2, 0.25) is 0 Å². The van der Waals surface area contributed by atoms with E-state index in [1.165, 1.54) is 40.7 Å². The van der Waals surface area contributed by atoms with Gasteiger partial charge >= 0.3 is 0 Å². The second-order valence-electron chi connectivity index (χ2n) is 7.44. The molecule has 0 saturated heterocycles. The zero-order chi connectivity index (χ0) is 18.9. The highest BCUT2D eigenvalue weighted by Crippen LogP contribution is 2.40. The number of nitrogens with zero attached hydrogens (tertiary/aromatic N) is 2. The fraction of sp³-hybridized carbons (Fsp3) is 0.208. The zero-order valence-electron chi connectivity index (χ0n) is 15.9. The normalized spacial score (nSPS) is 13.4. The average Bonchev–Trinajstić information content (AvgIpc) is 3.09. The Bertz CT molecular complexity index is 1130. The molecule has 2 aromatic heterocycles. The van der Waals surface area contributed by atoms with Crippen molar-refractivity contribution < 1.29 is 0 Å². The number of fused-ring (bicyclic) bond motifs is 3. The lowest BCUT2D eigenvalue weighted by Gasteiger charge is -2.17. The van der Waals surface area contributed by atoms with E-state index in [1.54, 1.807) is 0 Å². The topological polar surface area (TPSA) is 55.9 Å². The van der Waals surface area contributed by atoms with Crippen LogP contribution in [-0.4, -0.2) is 9.55 Å². The molecule has 3 N–H and O–H groups in total. The van der Waals surface area contributed by atoms with Gasteiger partial charge in [0.05, 0.1) is 5.52 Å². The molecule has 0 saturated carbocycles. The minimum atomic E-state index is 0.622. The summed E-state index contributed by atoms with van der Waals surface area (Å²) in [5.41, 5.74) is 13.8. The van der Waals surface area contributed by atoms with Crippen LogP contribution >= 0.6 is 0 Å². The lowest BCUT2D eigenvalue weighted by Crippen LogP contribution is -2.10. The van der Waals surface area contributed by atoms with E-state index < -0.39 is 0 Å². The molecule has 0 unspecified atom stereocenters. The standard InChI is InChI=1S/C24H24N4/c25-24-23-21(12-13-26-24)28-14-5-4-11-20(28)22(23)18-9-6-10-19(15-18)27-16-17-7-2-1-3-8-17/h1-3,6-10,12-13,15,27H,4-5,11,14,16H2,(H2,25,26). The van der Waals surface area contributed by atoms with Crippen molar-refractivity contribution in [2.45, 2.75) is 32.4 Å². The predicted molar refractivity (Wildman–Crippen MR) is 116 cm³/mol. The van der Waals surface area contributed by atoms with Gasteiger partial charge in [0, 0.05) is 41.6 Å². The summed E-state index contributed by atoms with van der Waals surface area (Å²) in [5, 5.41) is 4.65. The monoisotopic (exact) mass is 368 g/mol. The van der Waals surface area contributed by atoms with E-state index in [0.717, 1.165) is 30.6 Å². The number of aryl methyl sites for hydroxylation is 1. The summed E-state index contributed by atoms with van der Waals surface area (Å²) in [6, 6.07) is 21.2. The highest BCUT2D eigenvalue weighted by molar-refractivity contribution is 6.04. The Hall–Kier alpha value is -3.27. The molecule has 2 aromatic carbocycles. The van der Waals surface area contributed by atoms with Crippen LogP contribution in [0.2, 0.25) is 0 Å². The number of hydrogen-bond donors (Lipinski definition) is 2. The highest BCUT2D eigenvalue weighted by atomic mass is 15.0. The maximum Gasteiger partial charge on any atom is 0.133 e. The SMILES string of the molecule is Nc1nccc2c1c(-c1cccc(NCc3ccccc3)c1)c1n2CCCC1. The van der Waals surface area contributed by atoms with Gasteiger partial charge in [-0.15, -0.1) is 0 Å². The molecule has 4 nitrogen and oxygen atoms in total. The van der Waals surface area contributed by atoms with Crippen molar-refractivity contribution in [1.82, 2.24) is 9.55 Å². The van der Waals surface area contributed by atoms with Crippen LogP contribution in [0.3, 0.4) is 0 Å². The maximum absolute atomic E-state index is 6.34. The largest absolute Gasteiger partial charge is 0.383 e.